The third-order valence-corrected chi connectivity index (χ3v) is 6.73. The molecule has 0 spiro atoms. The molecular weight excluding hydrogens is 532 g/mol. The lowest BCUT2D eigenvalue weighted by Crippen LogP contribution is -2.35. The van der Waals surface area contributed by atoms with Crippen LogP contribution in [-0.2, 0) is 17.9 Å². The van der Waals surface area contributed by atoms with Gasteiger partial charge in [-0.3, -0.25) is 14.2 Å². The SMILES string of the molecule is Cc1nc(N)ccc1CNC(=O)Cn1c(C)cnc(NCC(c2ccccc2)c2ccc(Br)cc2)c1=O. The molecule has 0 fully saturated rings. The van der Waals surface area contributed by atoms with Crippen LogP contribution in [0.4, 0.5) is 11.6 Å². The van der Waals surface area contributed by atoms with Crippen molar-refractivity contribution in [3.63, 3.8) is 0 Å². The van der Waals surface area contributed by atoms with Crippen LogP contribution in [0.2, 0.25) is 0 Å². The van der Waals surface area contributed by atoms with Crippen molar-refractivity contribution in [1.29, 1.82) is 0 Å². The molecule has 0 aliphatic rings. The summed E-state index contributed by atoms with van der Waals surface area (Å²) < 4.78 is 2.43. The molecular formula is C28H29BrN6O2. The second-order valence-electron chi connectivity index (χ2n) is 8.79. The van der Waals surface area contributed by atoms with Crippen molar-refractivity contribution in [1.82, 2.24) is 19.9 Å². The molecule has 190 valence electrons. The summed E-state index contributed by atoms with van der Waals surface area (Å²) in [6.45, 7) is 4.25. The van der Waals surface area contributed by atoms with E-state index < -0.39 is 0 Å². The number of aryl methyl sites for hydroxylation is 2. The standard InChI is InChI=1S/C28H29BrN6O2/c1-18-14-32-27(28(37)35(18)17-26(36)31-15-22-10-13-25(30)34-19(22)2)33-16-24(20-6-4-3-5-7-20)21-8-11-23(29)12-9-21/h3-14,24H,15-17H2,1-2H3,(H2,30,34)(H,31,36)(H,32,33). The lowest BCUT2D eigenvalue weighted by molar-refractivity contribution is -0.121. The van der Waals surface area contributed by atoms with Crippen LogP contribution in [0.15, 0.2) is 82.2 Å². The molecule has 2 aromatic heterocycles. The van der Waals surface area contributed by atoms with Crippen LogP contribution in [0.3, 0.4) is 0 Å². The van der Waals surface area contributed by atoms with Gasteiger partial charge in [-0.2, -0.15) is 0 Å². The maximum atomic E-state index is 13.2. The van der Waals surface area contributed by atoms with Gasteiger partial charge in [0.05, 0.1) is 0 Å². The Balaban J connectivity index is 1.48. The van der Waals surface area contributed by atoms with Crippen LogP contribution in [0.25, 0.3) is 0 Å². The third kappa shape index (κ3) is 6.62. The number of carbonyl (C=O) groups excluding carboxylic acids is 1. The average molecular weight is 561 g/mol. The summed E-state index contributed by atoms with van der Waals surface area (Å²) in [5, 5.41) is 6.08. The van der Waals surface area contributed by atoms with Gasteiger partial charge in [-0.05, 0) is 48.7 Å². The fourth-order valence-electron chi connectivity index (χ4n) is 4.09. The number of anilines is 2. The zero-order valence-corrected chi connectivity index (χ0v) is 22.3. The Labute approximate surface area is 224 Å². The predicted molar refractivity (Wildman–Crippen MR) is 149 cm³/mol. The zero-order valence-electron chi connectivity index (χ0n) is 20.7. The Hall–Kier alpha value is -3.98. The van der Waals surface area contributed by atoms with Gasteiger partial charge in [-0.1, -0.05) is 64.5 Å². The number of nitrogens with zero attached hydrogens (tertiary/aromatic N) is 3. The number of rotatable bonds is 9. The number of nitrogens with two attached hydrogens (primary N) is 1. The summed E-state index contributed by atoms with van der Waals surface area (Å²) in [5.41, 5.74) is 9.81. The highest BCUT2D eigenvalue weighted by Crippen LogP contribution is 2.26. The smallest absolute Gasteiger partial charge is 0.293 e. The number of hydrogen-bond donors (Lipinski definition) is 3. The summed E-state index contributed by atoms with van der Waals surface area (Å²) in [7, 11) is 0. The van der Waals surface area contributed by atoms with E-state index in [0.717, 1.165) is 26.9 Å². The molecule has 1 atom stereocenters. The van der Waals surface area contributed by atoms with E-state index in [1.807, 2.05) is 43.3 Å². The minimum absolute atomic E-state index is 0.00492. The maximum absolute atomic E-state index is 13.2. The van der Waals surface area contributed by atoms with Gasteiger partial charge >= 0.3 is 0 Å². The van der Waals surface area contributed by atoms with E-state index in [1.54, 1.807) is 19.2 Å². The molecule has 4 N–H and O–H groups in total. The fourth-order valence-corrected chi connectivity index (χ4v) is 4.35. The van der Waals surface area contributed by atoms with Crippen LogP contribution in [-0.4, -0.2) is 27.0 Å². The molecule has 2 heterocycles. The van der Waals surface area contributed by atoms with Crippen molar-refractivity contribution in [2.24, 2.45) is 0 Å². The normalized spacial score (nSPS) is 11.6. The van der Waals surface area contributed by atoms with Crippen molar-refractivity contribution in [2.45, 2.75) is 32.9 Å². The van der Waals surface area contributed by atoms with E-state index in [0.29, 0.717) is 24.6 Å². The van der Waals surface area contributed by atoms with E-state index in [1.165, 1.54) is 4.57 Å². The number of nitrogens with one attached hydrogen (secondary N) is 2. The highest BCUT2D eigenvalue weighted by Gasteiger charge is 2.17. The molecule has 37 heavy (non-hydrogen) atoms. The first-order valence-electron chi connectivity index (χ1n) is 11.9. The molecule has 1 amide bonds. The number of hydrogen-bond acceptors (Lipinski definition) is 6. The minimum atomic E-state index is -0.344. The number of benzene rings is 2. The lowest BCUT2D eigenvalue weighted by Gasteiger charge is -2.20. The van der Waals surface area contributed by atoms with Crippen LogP contribution in [0.5, 0.6) is 0 Å². The Morgan fingerprint density at radius 2 is 1.73 bits per heavy atom. The Morgan fingerprint density at radius 1 is 1.03 bits per heavy atom. The average Bonchev–Trinajstić information content (AvgIpc) is 2.89. The summed E-state index contributed by atoms with van der Waals surface area (Å²) in [4.78, 5) is 34.5. The number of carbonyl (C=O) groups is 1. The molecule has 0 radical (unpaired) electrons. The molecule has 4 rings (SSSR count). The highest BCUT2D eigenvalue weighted by molar-refractivity contribution is 9.10. The third-order valence-electron chi connectivity index (χ3n) is 6.20. The predicted octanol–water partition coefficient (Wildman–Crippen LogP) is 4.16. The first-order valence-corrected chi connectivity index (χ1v) is 12.7. The maximum Gasteiger partial charge on any atom is 0.293 e. The van der Waals surface area contributed by atoms with Gasteiger partial charge < -0.3 is 16.4 Å². The number of aromatic nitrogens is 3. The quantitative estimate of drug-likeness (QED) is 0.283. The van der Waals surface area contributed by atoms with E-state index >= 15 is 0 Å². The second-order valence-corrected chi connectivity index (χ2v) is 9.71. The fraction of sp³-hybridized carbons (Fsp3) is 0.214. The summed E-state index contributed by atoms with van der Waals surface area (Å²) in [6.07, 6.45) is 1.60. The molecule has 0 bridgehead atoms. The molecule has 8 nitrogen and oxygen atoms in total. The van der Waals surface area contributed by atoms with Crippen LogP contribution in [0.1, 0.15) is 34.0 Å². The Bertz CT molecular complexity index is 1440. The number of amides is 1. The molecule has 0 saturated heterocycles. The van der Waals surface area contributed by atoms with E-state index in [-0.39, 0.29) is 29.7 Å². The van der Waals surface area contributed by atoms with Crippen LogP contribution in [0, 0.1) is 13.8 Å². The van der Waals surface area contributed by atoms with E-state index in [4.69, 9.17) is 5.73 Å². The molecule has 0 aliphatic heterocycles. The van der Waals surface area contributed by atoms with Crippen molar-refractivity contribution >= 4 is 33.5 Å². The Kier molecular flexibility index (Phi) is 8.35. The van der Waals surface area contributed by atoms with Gasteiger partial charge in [-0.15, -0.1) is 0 Å². The Morgan fingerprint density at radius 3 is 2.43 bits per heavy atom. The van der Waals surface area contributed by atoms with Crippen molar-refractivity contribution in [3.05, 3.63) is 116 Å². The van der Waals surface area contributed by atoms with Crippen LogP contribution >= 0.6 is 15.9 Å². The van der Waals surface area contributed by atoms with Gasteiger partial charge in [-0.25, -0.2) is 9.97 Å². The van der Waals surface area contributed by atoms with Gasteiger partial charge in [0.1, 0.15) is 12.4 Å². The monoisotopic (exact) mass is 560 g/mol. The van der Waals surface area contributed by atoms with Gasteiger partial charge in [0.15, 0.2) is 5.82 Å². The largest absolute Gasteiger partial charge is 0.384 e. The first-order chi connectivity index (χ1) is 17.8. The molecule has 9 heteroatoms. The highest BCUT2D eigenvalue weighted by atomic mass is 79.9. The summed E-state index contributed by atoms with van der Waals surface area (Å²) in [6, 6.07) is 21.8. The number of nitrogen functional groups attached to an aromatic ring is 1. The molecule has 1 unspecified atom stereocenters. The zero-order chi connectivity index (χ0) is 26.4. The second kappa shape index (κ2) is 11.8. The van der Waals surface area contributed by atoms with Crippen molar-refractivity contribution < 1.29 is 4.79 Å². The topological polar surface area (TPSA) is 115 Å². The van der Waals surface area contributed by atoms with Crippen molar-refractivity contribution in [2.75, 3.05) is 17.6 Å². The summed E-state index contributed by atoms with van der Waals surface area (Å²) >= 11 is 3.49. The van der Waals surface area contributed by atoms with E-state index in [9.17, 15) is 9.59 Å². The molecule has 0 saturated carbocycles. The van der Waals surface area contributed by atoms with Gasteiger partial charge in [0, 0.05) is 41.1 Å². The number of pyridine rings is 1. The number of halogens is 1. The van der Waals surface area contributed by atoms with Crippen LogP contribution < -0.4 is 21.9 Å². The lowest BCUT2D eigenvalue weighted by atomic mass is 9.91. The molecule has 0 aliphatic carbocycles. The van der Waals surface area contributed by atoms with Crippen molar-refractivity contribution in [3.8, 4) is 0 Å². The first kappa shape index (κ1) is 26.1. The minimum Gasteiger partial charge on any atom is -0.384 e. The molecule has 2 aromatic carbocycles. The van der Waals surface area contributed by atoms with E-state index in [2.05, 4.69) is 60.8 Å². The van der Waals surface area contributed by atoms with Gasteiger partial charge in [0.2, 0.25) is 5.91 Å². The van der Waals surface area contributed by atoms with Gasteiger partial charge in [0.25, 0.3) is 5.56 Å². The molecule has 4 aromatic rings. The summed E-state index contributed by atoms with van der Waals surface area (Å²) in [5.74, 6) is 0.358.